The number of amides is 1. The zero-order chi connectivity index (χ0) is 17.8. The predicted molar refractivity (Wildman–Crippen MR) is 71.0 cm³/mol. The van der Waals surface area contributed by atoms with E-state index in [2.05, 4.69) is 4.74 Å². The largest absolute Gasteiger partial charge is 0.467 e. The van der Waals surface area contributed by atoms with Crippen LogP contribution in [0.15, 0.2) is 24.3 Å². The van der Waals surface area contributed by atoms with E-state index in [-0.39, 0.29) is 5.56 Å². The lowest BCUT2D eigenvalue weighted by molar-refractivity contribution is -0.142. The molecule has 7 nitrogen and oxygen atoms in total. The van der Waals surface area contributed by atoms with E-state index in [1.54, 1.807) is 5.32 Å². The minimum absolute atomic E-state index is 0.00543. The number of hydrogen-bond donors (Lipinski definition) is 2. The Morgan fingerprint density at radius 2 is 1.96 bits per heavy atom. The van der Waals surface area contributed by atoms with Gasteiger partial charge in [-0.2, -0.15) is 21.6 Å². The van der Waals surface area contributed by atoms with Crippen LogP contribution in [0.3, 0.4) is 0 Å². The summed E-state index contributed by atoms with van der Waals surface area (Å²) in [5.74, 6) is -1.08. The molecule has 0 aliphatic rings. The van der Waals surface area contributed by atoms with Crippen LogP contribution in [-0.2, 0) is 32.2 Å². The Bertz CT molecular complexity index is 701. The van der Waals surface area contributed by atoms with Crippen molar-refractivity contribution < 1.29 is 40.5 Å². The fraction of sp³-hybridized carbons (Fsp3) is 0.333. The van der Waals surface area contributed by atoms with Gasteiger partial charge in [0, 0.05) is 6.42 Å². The van der Waals surface area contributed by atoms with Crippen molar-refractivity contribution in [3.05, 3.63) is 35.4 Å². The second-order valence-corrected chi connectivity index (χ2v) is 5.71. The van der Waals surface area contributed by atoms with E-state index in [0.717, 1.165) is 25.3 Å². The fourth-order valence-electron chi connectivity index (χ4n) is 1.66. The number of halogens is 3. The van der Waals surface area contributed by atoms with Gasteiger partial charge in [0.1, 0.15) is 6.04 Å². The maximum absolute atomic E-state index is 12.6. The minimum atomic E-state index is -5.10. The Morgan fingerprint density at radius 3 is 2.43 bits per heavy atom. The van der Waals surface area contributed by atoms with E-state index in [1.165, 1.54) is 6.07 Å². The first kappa shape index (κ1) is 18.9. The van der Waals surface area contributed by atoms with Crippen LogP contribution in [0.1, 0.15) is 11.1 Å². The highest BCUT2D eigenvalue weighted by Crippen LogP contribution is 2.29. The molecule has 0 heterocycles. The number of hydrogen-bond acceptors (Lipinski definition) is 5. The monoisotopic (exact) mass is 355 g/mol. The average Bonchev–Trinajstić information content (AvgIpc) is 2.44. The Kier molecular flexibility index (Phi) is 5.72. The number of carbonyl (C=O) groups excluding carboxylic acids is 2. The molecule has 0 radical (unpaired) electrons. The summed E-state index contributed by atoms with van der Waals surface area (Å²) in [6, 6.07) is 2.32. The molecule has 0 aromatic heterocycles. The summed E-state index contributed by atoms with van der Waals surface area (Å²) < 4.78 is 72.1. The molecule has 1 aromatic rings. The Balaban J connectivity index is 3.03. The first-order valence-corrected chi connectivity index (χ1v) is 7.41. The summed E-state index contributed by atoms with van der Waals surface area (Å²) in [6.45, 7) is 0. The van der Waals surface area contributed by atoms with Crippen molar-refractivity contribution in [3.8, 4) is 0 Å². The van der Waals surface area contributed by atoms with Gasteiger partial charge in [-0.1, -0.05) is 18.2 Å². The summed E-state index contributed by atoms with van der Waals surface area (Å²) in [6.07, 6.45) is -5.06. The van der Waals surface area contributed by atoms with Crippen molar-refractivity contribution in [1.82, 2.24) is 5.32 Å². The van der Waals surface area contributed by atoms with Crippen LogP contribution in [0.25, 0.3) is 0 Å². The van der Waals surface area contributed by atoms with E-state index < -0.39 is 45.5 Å². The summed E-state index contributed by atoms with van der Waals surface area (Å²) in [5, 5.41) is -0.180. The van der Waals surface area contributed by atoms with E-state index in [1.807, 2.05) is 0 Å². The maximum atomic E-state index is 12.6. The third-order valence-electron chi connectivity index (χ3n) is 2.71. The van der Waals surface area contributed by atoms with Crippen molar-refractivity contribution in [2.45, 2.75) is 18.6 Å². The highest BCUT2D eigenvalue weighted by atomic mass is 32.2. The van der Waals surface area contributed by atoms with Crippen molar-refractivity contribution in [2.75, 3.05) is 7.11 Å². The second kappa shape index (κ2) is 6.96. The molecule has 1 atom stereocenters. The third-order valence-corrected chi connectivity index (χ3v) is 3.29. The molecule has 0 aliphatic heterocycles. The number of nitrogens with one attached hydrogen (secondary N) is 1. The van der Waals surface area contributed by atoms with Crippen LogP contribution >= 0.6 is 0 Å². The quantitative estimate of drug-likeness (QED) is 0.624. The van der Waals surface area contributed by atoms with Gasteiger partial charge >= 0.3 is 27.5 Å². The highest BCUT2D eigenvalue weighted by molar-refractivity contribution is 8.01. The average molecular weight is 355 g/mol. The van der Waals surface area contributed by atoms with Gasteiger partial charge in [0.05, 0.1) is 12.7 Å². The lowest BCUT2D eigenvalue weighted by Crippen LogP contribution is -2.45. The predicted octanol–water partition coefficient (Wildman–Crippen LogP) is 1.39. The zero-order valence-electron chi connectivity index (χ0n) is 11.6. The first-order chi connectivity index (χ1) is 10.4. The summed E-state index contributed by atoms with van der Waals surface area (Å²) in [4.78, 5) is 22.7. The fourth-order valence-corrected chi connectivity index (χ4v) is 1.95. The van der Waals surface area contributed by atoms with Gasteiger partial charge in [-0.05, 0) is 11.6 Å². The van der Waals surface area contributed by atoms with Crippen LogP contribution in [0.5, 0.6) is 0 Å². The molecule has 1 amide bonds. The van der Waals surface area contributed by atoms with Crippen LogP contribution in [0, 0.1) is 0 Å². The number of rotatable bonds is 4. The maximum Gasteiger partial charge on any atom is 0.416 e. The number of ether oxygens (including phenoxy) is 1. The molecular formula is C12H12F3NO6S. The molecule has 0 bridgehead atoms. The number of esters is 1. The van der Waals surface area contributed by atoms with Gasteiger partial charge in [-0.3, -0.25) is 9.35 Å². The Labute approximate surface area is 129 Å². The van der Waals surface area contributed by atoms with Crippen molar-refractivity contribution in [1.29, 1.82) is 0 Å². The van der Waals surface area contributed by atoms with E-state index in [4.69, 9.17) is 4.55 Å². The van der Waals surface area contributed by atoms with Crippen LogP contribution in [0.2, 0.25) is 0 Å². The van der Waals surface area contributed by atoms with Crippen molar-refractivity contribution >= 4 is 21.3 Å². The number of alkyl halides is 3. The minimum Gasteiger partial charge on any atom is -0.467 e. The summed E-state index contributed by atoms with van der Waals surface area (Å²) in [5.41, 5.74) is -0.967. The molecule has 0 saturated heterocycles. The summed E-state index contributed by atoms with van der Waals surface area (Å²) in [7, 11) is -4.16. The lowest BCUT2D eigenvalue weighted by atomic mass is 10.0. The topological polar surface area (TPSA) is 110 Å². The standard InChI is InChI=1S/C12H12F3NO6S/c1-22-10(17)9(16-11(18)23(19,20)21)6-7-3-2-4-8(5-7)12(13,14)15/h2-5,9H,6H2,1H3,(H,16,18)(H,19,20,21)/t9-/m0/s1. The van der Waals surface area contributed by atoms with Crippen LogP contribution in [0.4, 0.5) is 18.0 Å². The Hall–Kier alpha value is -2.14. The molecule has 0 aliphatic carbocycles. The van der Waals surface area contributed by atoms with Gasteiger partial charge in [0.25, 0.3) is 0 Å². The zero-order valence-corrected chi connectivity index (χ0v) is 12.4. The van der Waals surface area contributed by atoms with Crippen LogP contribution in [-0.4, -0.2) is 37.3 Å². The molecule has 0 spiro atoms. The number of carbonyl (C=O) groups is 2. The highest BCUT2D eigenvalue weighted by Gasteiger charge is 2.32. The molecule has 2 N–H and O–H groups in total. The number of methoxy groups -OCH3 is 1. The van der Waals surface area contributed by atoms with E-state index >= 15 is 0 Å². The lowest BCUT2D eigenvalue weighted by Gasteiger charge is -2.16. The van der Waals surface area contributed by atoms with Gasteiger partial charge in [-0.15, -0.1) is 0 Å². The van der Waals surface area contributed by atoms with Crippen LogP contribution < -0.4 is 5.32 Å². The summed E-state index contributed by atoms with van der Waals surface area (Å²) >= 11 is 0. The van der Waals surface area contributed by atoms with E-state index in [9.17, 15) is 31.2 Å². The molecule has 0 fully saturated rings. The molecule has 1 rings (SSSR count). The van der Waals surface area contributed by atoms with Gasteiger partial charge in [0.2, 0.25) is 0 Å². The molecule has 0 saturated carbocycles. The van der Waals surface area contributed by atoms with Gasteiger partial charge in [-0.25, -0.2) is 4.79 Å². The van der Waals surface area contributed by atoms with Gasteiger partial charge in [0.15, 0.2) is 0 Å². The normalized spacial score (nSPS) is 13.3. The molecule has 1 aromatic carbocycles. The SMILES string of the molecule is COC(=O)[C@H](Cc1cccc(C(F)(F)F)c1)NC(=O)S(=O)(=O)O. The number of benzene rings is 1. The van der Waals surface area contributed by atoms with E-state index in [0.29, 0.717) is 0 Å². The molecular weight excluding hydrogens is 343 g/mol. The molecule has 128 valence electrons. The smallest absolute Gasteiger partial charge is 0.416 e. The first-order valence-electron chi connectivity index (χ1n) is 5.97. The molecule has 0 unspecified atom stereocenters. The second-order valence-electron chi connectivity index (χ2n) is 4.38. The third kappa shape index (κ3) is 5.53. The molecule has 23 heavy (non-hydrogen) atoms. The van der Waals surface area contributed by atoms with Crippen molar-refractivity contribution in [2.24, 2.45) is 0 Å². The van der Waals surface area contributed by atoms with Crippen molar-refractivity contribution in [3.63, 3.8) is 0 Å². The molecule has 11 heteroatoms. The van der Waals surface area contributed by atoms with Gasteiger partial charge < -0.3 is 10.1 Å². The Morgan fingerprint density at radius 1 is 1.35 bits per heavy atom.